The minimum Gasteiger partial charge on any atom is -0.307 e. The molecule has 0 heterocycles. The molecule has 0 aromatic heterocycles. The molecule has 0 aliphatic heterocycles. The van der Waals surface area contributed by atoms with Crippen LogP contribution in [0.1, 0.15) is 51.1 Å². The minimum absolute atomic E-state index is 0.152. The van der Waals surface area contributed by atoms with Crippen molar-refractivity contribution in [3.8, 4) is 0 Å². The summed E-state index contributed by atoms with van der Waals surface area (Å²) in [6, 6.07) is 7.61. The first-order chi connectivity index (χ1) is 10.0. The molecule has 5 unspecified atom stereocenters. The van der Waals surface area contributed by atoms with Gasteiger partial charge in [-0.3, -0.25) is 10.1 Å². The summed E-state index contributed by atoms with van der Waals surface area (Å²) in [6.45, 7) is 4.38. The molecule has 2 fully saturated rings. The van der Waals surface area contributed by atoms with Crippen molar-refractivity contribution < 1.29 is 4.92 Å². The Morgan fingerprint density at radius 1 is 1.29 bits per heavy atom. The Morgan fingerprint density at radius 3 is 2.71 bits per heavy atom. The molecular weight excluding hydrogens is 264 g/mol. The van der Waals surface area contributed by atoms with E-state index in [2.05, 4.69) is 19.2 Å². The third-order valence-corrected chi connectivity index (χ3v) is 5.53. The van der Waals surface area contributed by atoms with Crippen LogP contribution in [0.25, 0.3) is 0 Å². The molecule has 1 N–H and O–H groups in total. The second kappa shape index (κ2) is 5.76. The number of nitrogens with one attached hydrogen (secondary N) is 1. The molecule has 2 saturated carbocycles. The second-order valence-electron chi connectivity index (χ2n) is 6.87. The van der Waals surface area contributed by atoms with Crippen molar-refractivity contribution in [1.29, 1.82) is 0 Å². The molecule has 114 valence electrons. The van der Waals surface area contributed by atoms with Crippen LogP contribution in [0.3, 0.4) is 0 Å². The lowest BCUT2D eigenvalue weighted by atomic mass is 9.83. The van der Waals surface area contributed by atoms with E-state index in [1.165, 1.54) is 25.7 Å². The molecule has 1 aromatic carbocycles. The first kappa shape index (κ1) is 14.5. The number of nitro benzene ring substituents is 1. The van der Waals surface area contributed by atoms with Gasteiger partial charge in [-0.15, -0.1) is 0 Å². The van der Waals surface area contributed by atoms with Gasteiger partial charge in [-0.25, -0.2) is 0 Å². The van der Waals surface area contributed by atoms with Crippen LogP contribution in [0.2, 0.25) is 0 Å². The molecule has 4 nitrogen and oxygen atoms in total. The highest BCUT2D eigenvalue weighted by molar-refractivity contribution is 5.35. The fourth-order valence-corrected chi connectivity index (χ4v) is 4.43. The Balaban J connectivity index is 1.64. The standard InChI is InChI=1S/C17H24N2O2/c1-11(14-4-3-5-16(10-14)19(20)21)18-12(2)17-9-13-6-7-15(17)8-13/h3-5,10-13,15,17-18H,6-9H2,1-2H3. The lowest BCUT2D eigenvalue weighted by Crippen LogP contribution is -2.37. The summed E-state index contributed by atoms with van der Waals surface area (Å²) in [5, 5.41) is 14.5. The Kier molecular flexibility index (Phi) is 3.98. The van der Waals surface area contributed by atoms with E-state index in [4.69, 9.17) is 0 Å². The largest absolute Gasteiger partial charge is 0.307 e. The fourth-order valence-electron chi connectivity index (χ4n) is 4.43. The summed E-state index contributed by atoms with van der Waals surface area (Å²) < 4.78 is 0. The van der Waals surface area contributed by atoms with Gasteiger partial charge >= 0.3 is 0 Å². The third kappa shape index (κ3) is 2.95. The van der Waals surface area contributed by atoms with E-state index in [9.17, 15) is 10.1 Å². The van der Waals surface area contributed by atoms with Crippen LogP contribution >= 0.6 is 0 Å². The van der Waals surface area contributed by atoms with Gasteiger partial charge in [-0.05, 0) is 56.4 Å². The molecule has 1 aromatic rings. The van der Waals surface area contributed by atoms with Crippen LogP contribution in [0.5, 0.6) is 0 Å². The Morgan fingerprint density at radius 2 is 2.10 bits per heavy atom. The minimum atomic E-state index is -0.324. The summed E-state index contributed by atoms with van der Waals surface area (Å²) in [5.41, 5.74) is 1.17. The lowest BCUT2D eigenvalue weighted by Gasteiger charge is -2.31. The molecule has 3 rings (SSSR count). The van der Waals surface area contributed by atoms with Crippen molar-refractivity contribution in [2.24, 2.45) is 17.8 Å². The van der Waals surface area contributed by atoms with Crippen LogP contribution in [0.4, 0.5) is 5.69 Å². The number of nitrogens with zero attached hydrogens (tertiary/aromatic N) is 1. The number of benzene rings is 1. The molecule has 0 spiro atoms. The van der Waals surface area contributed by atoms with E-state index in [0.717, 1.165) is 23.3 Å². The van der Waals surface area contributed by atoms with Crippen LogP contribution in [0, 0.1) is 27.9 Å². The van der Waals surface area contributed by atoms with Gasteiger partial charge in [0.05, 0.1) is 4.92 Å². The molecular formula is C17H24N2O2. The monoisotopic (exact) mass is 288 g/mol. The lowest BCUT2D eigenvalue weighted by molar-refractivity contribution is -0.384. The van der Waals surface area contributed by atoms with Crippen LogP contribution in [0.15, 0.2) is 24.3 Å². The number of fused-ring (bicyclic) bond motifs is 2. The molecule has 2 bridgehead atoms. The molecule has 4 heteroatoms. The molecule has 21 heavy (non-hydrogen) atoms. The van der Waals surface area contributed by atoms with Gasteiger partial charge < -0.3 is 5.32 Å². The molecule has 0 radical (unpaired) electrons. The van der Waals surface area contributed by atoms with E-state index < -0.39 is 0 Å². The summed E-state index contributed by atoms with van der Waals surface area (Å²) in [7, 11) is 0. The fraction of sp³-hybridized carbons (Fsp3) is 0.647. The predicted octanol–water partition coefficient (Wildman–Crippen LogP) is 4.07. The summed E-state index contributed by atoms with van der Waals surface area (Å²) in [4.78, 5) is 10.6. The van der Waals surface area contributed by atoms with Gasteiger partial charge in [-0.2, -0.15) is 0 Å². The highest BCUT2D eigenvalue weighted by Gasteiger charge is 2.41. The Hall–Kier alpha value is -1.42. The molecule has 2 aliphatic carbocycles. The molecule has 2 aliphatic rings. The predicted molar refractivity (Wildman–Crippen MR) is 83.0 cm³/mol. The Bertz CT molecular complexity index is 531. The zero-order valence-corrected chi connectivity index (χ0v) is 12.8. The van der Waals surface area contributed by atoms with E-state index in [1.807, 2.05) is 6.07 Å². The van der Waals surface area contributed by atoms with Crippen LogP contribution < -0.4 is 5.32 Å². The van der Waals surface area contributed by atoms with Gasteiger partial charge in [0.1, 0.15) is 0 Å². The zero-order chi connectivity index (χ0) is 15.0. The summed E-state index contributed by atoms with van der Waals surface area (Å²) in [5.74, 6) is 2.64. The average molecular weight is 288 g/mol. The number of hydrogen-bond acceptors (Lipinski definition) is 3. The first-order valence-electron chi connectivity index (χ1n) is 8.05. The van der Waals surface area contributed by atoms with Crippen molar-refractivity contribution in [1.82, 2.24) is 5.32 Å². The van der Waals surface area contributed by atoms with Gasteiger partial charge in [0.2, 0.25) is 0 Å². The van der Waals surface area contributed by atoms with Crippen molar-refractivity contribution in [2.45, 2.75) is 51.6 Å². The zero-order valence-electron chi connectivity index (χ0n) is 12.8. The van der Waals surface area contributed by atoms with E-state index in [1.54, 1.807) is 18.2 Å². The quantitative estimate of drug-likeness (QED) is 0.656. The van der Waals surface area contributed by atoms with E-state index >= 15 is 0 Å². The number of nitro groups is 1. The van der Waals surface area contributed by atoms with Crippen LogP contribution in [-0.2, 0) is 0 Å². The average Bonchev–Trinajstić information content (AvgIpc) is 3.10. The van der Waals surface area contributed by atoms with Gasteiger partial charge in [0.15, 0.2) is 0 Å². The molecule has 5 atom stereocenters. The molecule has 0 amide bonds. The van der Waals surface area contributed by atoms with Crippen molar-refractivity contribution >= 4 is 5.69 Å². The smallest absolute Gasteiger partial charge is 0.269 e. The van der Waals surface area contributed by atoms with Crippen molar-refractivity contribution in [3.63, 3.8) is 0 Å². The van der Waals surface area contributed by atoms with Crippen molar-refractivity contribution in [3.05, 3.63) is 39.9 Å². The molecule has 0 saturated heterocycles. The van der Waals surface area contributed by atoms with Gasteiger partial charge in [0, 0.05) is 24.2 Å². The van der Waals surface area contributed by atoms with Crippen molar-refractivity contribution in [2.75, 3.05) is 0 Å². The maximum atomic E-state index is 10.9. The topological polar surface area (TPSA) is 55.2 Å². The third-order valence-electron chi connectivity index (χ3n) is 5.53. The van der Waals surface area contributed by atoms with E-state index in [0.29, 0.717) is 6.04 Å². The normalized spacial score (nSPS) is 30.3. The summed E-state index contributed by atoms with van der Waals surface area (Å²) in [6.07, 6.45) is 5.60. The number of rotatable bonds is 5. The Labute approximate surface area is 126 Å². The SMILES string of the molecule is CC(NC(C)C1CC2CCC1C2)c1cccc([N+](=O)[O-])c1. The maximum Gasteiger partial charge on any atom is 0.269 e. The van der Waals surface area contributed by atoms with Crippen LogP contribution in [-0.4, -0.2) is 11.0 Å². The highest BCUT2D eigenvalue weighted by atomic mass is 16.6. The van der Waals surface area contributed by atoms with Gasteiger partial charge in [-0.1, -0.05) is 18.6 Å². The van der Waals surface area contributed by atoms with Gasteiger partial charge in [0.25, 0.3) is 5.69 Å². The second-order valence-corrected chi connectivity index (χ2v) is 6.87. The number of hydrogen-bond donors (Lipinski definition) is 1. The van der Waals surface area contributed by atoms with E-state index in [-0.39, 0.29) is 16.7 Å². The maximum absolute atomic E-state index is 10.9. The highest BCUT2D eigenvalue weighted by Crippen LogP contribution is 2.49. The first-order valence-corrected chi connectivity index (χ1v) is 8.05. The summed E-state index contributed by atoms with van der Waals surface area (Å²) >= 11 is 0. The number of non-ortho nitro benzene ring substituents is 1.